The summed E-state index contributed by atoms with van der Waals surface area (Å²) in [7, 11) is 5.79. The maximum absolute atomic E-state index is 5.73. The first kappa shape index (κ1) is 25.9. The Morgan fingerprint density at radius 2 is 1.68 bits per heavy atom. The molecule has 3 aliphatic rings. The van der Waals surface area contributed by atoms with E-state index in [9.17, 15) is 0 Å². The zero-order valence-electron chi connectivity index (χ0n) is 25.3. The molecule has 224 valence electrons. The van der Waals surface area contributed by atoms with E-state index >= 15 is 0 Å². The Labute approximate surface area is 254 Å². The molecule has 44 heavy (non-hydrogen) atoms. The van der Waals surface area contributed by atoms with Crippen LogP contribution >= 0.6 is 0 Å². The van der Waals surface area contributed by atoms with E-state index in [1.54, 1.807) is 7.11 Å². The van der Waals surface area contributed by atoms with Crippen LogP contribution in [0.3, 0.4) is 0 Å². The van der Waals surface area contributed by atoms with Gasteiger partial charge in [0.15, 0.2) is 5.65 Å². The molecular formula is C33H35N9O2. The van der Waals surface area contributed by atoms with Crippen molar-refractivity contribution in [2.24, 2.45) is 14.1 Å². The number of aromatic nitrogens is 9. The van der Waals surface area contributed by atoms with E-state index in [-0.39, 0.29) is 0 Å². The van der Waals surface area contributed by atoms with Crippen molar-refractivity contribution in [3.63, 3.8) is 0 Å². The first-order valence-corrected chi connectivity index (χ1v) is 15.7. The van der Waals surface area contributed by atoms with Gasteiger partial charge in [-0.3, -0.25) is 9.36 Å². The second kappa shape index (κ2) is 9.75. The van der Waals surface area contributed by atoms with Gasteiger partial charge in [0.05, 0.1) is 36.3 Å². The molecule has 0 bridgehead atoms. The molecule has 0 N–H and O–H groups in total. The summed E-state index contributed by atoms with van der Waals surface area (Å²) in [5.74, 6) is 2.51. The first-order chi connectivity index (χ1) is 21.6. The predicted molar refractivity (Wildman–Crippen MR) is 166 cm³/mol. The molecule has 1 aliphatic heterocycles. The number of fused-ring (bicyclic) bond motifs is 2. The first-order valence-electron chi connectivity index (χ1n) is 15.7. The lowest BCUT2D eigenvalue weighted by molar-refractivity contribution is 0.0659. The minimum atomic E-state index is 0.292. The van der Waals surface area contributed by atoms with Crippen molar-refractivity contribution in [3.8, 4) is 34.2 Å². The molecule has 6 aromatic rings. The molecule has 6 heterocycles. The Morgan fingerprint density at radius 3 is 2.45 bits per heavy atom. The van der Waals surface area contributed by atoms with E-state index in [0.717, 1.165) is 94.9 Å². The van der Waals surface area contributed by atoms with Crippen molar-refractivity contribution < 1.29 is 9.47 Å². The molecule has 2 aliphatic carbocycles. The van der Waals surface area contributed by atoms with Crippen LogP contribution in [0.4, 0.5) is 0 Å². The second-order valence-electron chi connectivity index (χ2n) is 12.6. The minimum Gasteiger partial charge on any atom is -0.478 e. The van der Waals surface area contributed by atoms with Crippen molar-refractivity contribution in [3.05, 3.63) is 54.2 Å². The smallest absolute Gasteiger partial charge is 0.258 e. The van der Waals surface area contributed by atoms with Crippen LogP contribution in [0.15, 0.2) is 42.9 Å². The zero-order valence-corrected chi connectivity index (χ0v) is 25.3. The van der Waals surface area contributed by atoms with Crippen LogP contribution in [0.25, 0.3) is 50.3 Å². The van der Waals surface area contributed by atoms with Gasteiger partial charge in [0.1, 0.15) is 11.5 Å². The number of rotatable bonds is 7. The number of aryl methyl sites for hydroxylation is 1. The van der Waals surface area contributed by atoms with E-state index in [4.69, 9.17) is 29.6 Å². The number of imidazole rings is 1. The van der Waals surface area contributed by atoms with Gasteiger partial charge in [-0.2, -0.15) is 10.2 Å². The van der Waals surface area contributed by atoms with E-state index in [2.05, 4.69) is 53.4 Å². The average Bonchev–Trinajstić information content (AvgIpc) is 3.90. The van der Waals surface area contributed by atoms with Gasteiger partial charge in [-0.25, -0.2) is 14.6 Å². The van der Waals surface area contributed by atoms with Gasteiger partial charge in [0.2, 0.25) is 0 Å². The fourth-order valence-corrected chi connectivity index (χ4v) is 6.89. The molecule has 3 fully saturated rings. The molecule has 1 aromatic carbocycles. The average molecular weight is 590 g/mol. The normalized spacial score (nSPS) is 17.7. The Morgan fingerprint density at radius 1 is 0.864 bits per heavy atom. The number of methoxy groups -OCH3 is 1. The Kier molecular flexibility index (Phi) is 5.75. The molecule has 11 nitrogen and oxygen atoms in total. The highest BCUT2D eigenvalue weighted by Gasteiger charge is 2.35. The lowest BCUT2D eigenvalue weighted by atomic mass is 10.0. The molecule has 0 unspecified atom stereocenters. The molecule has 9 rings (SSSR count). The van der Waals surface area contributed by atoms with Crippen molar-refractivity contribution in [2.45, 2.75) is 56.4 Å². The van der Waals surface area contributed by atoms with Crippen LogP contribution in [0, 0.1) is 0 Å². The summed E-state index contributed by atoms with van der Waals surface area (Å²) < 4.78 is 19.4. The van der Waals surface area contributed by atoms with Crippen LogP contribution in [0.5, 0.6) is 5.88 Å². The van der Waals surface area contributed by atoms with Gasteiger partial charge in [-0.05, 0) is 50.7 Å². The lowest BCUT2D eigenvalue weighted by Crippen LogP contribution is -2.19. The molecule has 5 aromatic heterocycles. The van der Waals surface area contributed by atoms with Gasteiger partial charge in [0, 0.05) is 79.1 Å². The van der Waals surface area contributed by atoms with Gasteiger partial charge in [-0.1, -0.05) is 12.1 Å². The third-order valence-corrected chi connectivity index (χ3v) is 9.44. The Bertz CT molecular complexity index is 2050. The fraction of sp³-hybridized carbons (Fsp3) is 0.424. The topological polar surface area (TPSA) is 103 Å². The van der Waals surface area contributed by atoms with Crippen LogP contribution in [-0.4, -0.2) is 64.2 Å². The molecule has 0 amide bonds. The van der Waals surface area contributed by atoms with Gasteiger partial charge in [-0.15, -0.1) is 5.10 Å². The summed E-state index contributed by atoms with van der Waals surface area (Å²) >= 11 is 0. The zero-order chi connectivity index (χ0) is 29.5. The van der Waals surface area contributed by atoms with E-state index in [0.29, 0.717) is 23.8 Å². The van der Waals surface area contributed by atoms with Crippen molar-refractivity contribution in [1.29, 1.82) is 0 Å². The molecule has 2 saturated carbocycles. The van der Waals surface area contributed by atoms with Crippen LogP contribution in [0.1, 0.15) is 67.8 Å². The van der Waals surface area contributed by atoms with Crippen molar-refractivity contribution in [2.75, 3.05) is 20.3 Å². The summed E-state index contributed by atoms with van der Waals surface area (Å²) in [6.45, 7) is 1.50. The standard InChI is InChI=1S/C33H35N9O2/c1-39-16-21-15-24(28(19-7-8-19)34-31(21)37-39)32-35-29(30(40(32)2)20-9-10-20)23-5-4-6-26-25(23)17-42(36-26)27-18-41(38-33(27)43-3)22-11-13-44-14-12-22/h4-6,15-20,22H,7-14H2,1-3H3. The highest BCUT2D eigenvalue weighted by atomic mass is 16.5. The van der Waals surface area contributed by atoms with Gasteiger partial charge in [0.25, 0.3) is 5.88 Å². The highest BCUT2D eigenvalue weighted by molar-refractivity contribution is 5.95. The third kappa shape index (κ3) is 4.16. The monoisotopic (exact) mass is 589 g/mol. The van der Waals surface area contributed by atoms with Crippen molar-refractivity contribution >= 4 is 21.9 Å². The highest BCUT2D eigenvalue weighted by Crippen LogP contribution is 2.49. The number of benzene rings is 1. The number of hydrogen-bond acceptors (Lipinski definition) is 7. The SMILES string of the molecule is COc1nn(C2CCOCC2)cc1-n1cc2c(-c3nc(-c4cc5cn(C)nc5nc4C4CC4)n(C)c3C3CC3)cccc2n1. The Hall–Kier alpha value is -4.51. The van der Waals surface area contributed by atoms with Gasteiger partial charge < -0.3 is 14.0 Å². The largest absolute Gasteiger partial charge is 0.478 e. The summed E-state index contributed by atoms with van der Waals surface area (Å²) in [6, 6.07) is 8.87. The van der Waals surface area contributed by atoms with E-state index < -0.39 is 0 Å². The summed E-state index contributed by atoms with van der Waals surface area (Å²) in [5, 5.41) is 16.5. The van der Waals surface area contributed by atoms with Crippen LogP contribution in [0.2, 0.25) is 0 Å². The Balaban J connectivity index is 1.18. The fourth-order valence-electron chi connectivity index (χ4n) is 6.89. The van der Waals surface area contributed by atoms with E-state index in [1.165, 1.54) is 18.5 Å². The quantitative estimate of drug-likeness (QED) is 0.236. The maximum Gasteiger partial charge on any atom is 0.258 e. The summed E-state index contributed by atoms with van der Waals surface area (Å²) in [5.41, 5.74) is 8.21. The molecule has 0 spiro atoms. The number of nitrogens with zero attached hydrogens (tertiary/aromatic N) is 9. The van der Waals surface area contributed by atoms with Gasteiger partial charge >= 0.3 is 0 Å². The third-order valence-electron chi connectivity index (χ3n) is 9.44. The number of ether oxygens (including phenoxy) is 2. The minimum absolute atomic E-state index is 0.292. The number of hydrogen-bond donors (Lipinski definition) is 0. The van der Waals surface area contributed by atoms with Crippen LogP contribution in [-0.2, 0) is 18.8 Å². The van der Waals surface area contributed by atoms with E-state index in [1.807, 2.05) is 27.3 Å². The van der Waals surface area contributed by atoms with Crippen molar-refractivity contribution in [1.82, 2.24) is 43.9 Å². The molecular weight excluding hydrogens is 554 g/mol. The predicted octanol–water partition coefficient (Wildman–Crippen LogP) is 5.69. The lowest BCUT2D eigenvalue weighted by Gasteiger charge is -2.21. The molecule has 0 radical (unpaired) electrons. The summed E-state index contributed by atoms with van der Waals surface area (Å²) in [4.78, 5) is 10.5. The summed E-state index contributed by atoms with van der Waals surface area (Å²) in [6.07, 6.45) is 12.8. The maximum atomic E-state index is 5.73. The van der Waals surface area contributed by atoms with Crippen LogP contribution < -0.4 is 4.74 Å². The molecule has 0 atom stereocenters. The second-order valence-corrected chi connectivity index (χ2v) is 12.6. The molecule has 1 saturated heterocycles. The molecule has 11 heteroatoms. The number of pyridine rings is 1.